The first-order valence-electron chi connectivity index (χ1n) is 3.63. The zero-order valence-corrected chi connectivity index (χ0v) is 9.80. The van der Waals surface area contributed by atoms with E-state index in [1.165, 1.54) is 0 Å². The predicted molar refractivity (Wildman–Crippen MR) is 40.6 cm³/mol. The molecule has 0 aliphatic heterocycles. The molecule has 0 heterocycles. The van der Waals surface area contributed by atoms with Gasteiger partial charge in [0.2, 0.25) is 0 Å². The van der Waals surface area contributed by atoms with Crippen molar-refractivity contribution in [2.45, 2.75) is 46.6 Å². The van der Waals surface area contributed by atoms with Crippen LogP contribution < -0.4 is 0 Å². The number of hydrogen-bond donors (Lipinski definition) is 0. The van der Waals surface area contributed by atoms with Crippen molar-refractivity contribution in [1.29, 1.82) is 0 Å². The van der Waals surface area contributed by atoms with Gasteiger partial charge in [0.15, 0.2) is 0 Å². The van der Waals surface area contributed by atoms with Gasteiger partial charge in [0.05, 0.1) is 0 Å². The summed E-state index contributed by atoms with van der Waals surface area (Å²) in [6, 6.07) is 0. The van der Waals surface area contributed by atoms with Gasteiger partial charge in [0.1, 0.15) is 0 Å². The Morgan fingerprint density at radius 2 is 1.50 bits per heavy atom. The Bertz CT molecular complexity index is 122. The molecule has 0 bridgehead atoms. The van der Waals surface area contributed by atoms with Crippen LogP contribution in [0.5, 0.6) is 0 Å². The summed E-state index contributed by atoms with van der Waals surface area (Å²) in [5.41, 5.74) is 0.573. The van der Waals surface area contributed by atoms with Crippen LogP contribution in [0.4, 0.5) is 0 Å². The van der Waals surface area contributed by atoms with Crippen molar-refractivity contribution in [3.8, 4) is 0 Å². The topological polar surface area (TPSA) is 12.4 Å². The van der Waals surface area contributed by atoms with Crippen molar-refractivity contribution in [3.63, 3.8) is 0 Å². The van der Waals surface area contributed by atoms with Gasteiger partial charge in [-0.2, -0.15) is 0 Å². The second-order valence-corrected chi connectivity index (χ2v) is 5.14. The van der Waals surface area contributed by atoms with E-state index in [1.807, 2.05) is 0 Å². The van der Waals surface area contributed by atoms with E-state index in [1.54, 1.807) is 20.9 Å². The van der Waals surface area contributed by atoms with Crippen molar-refractivity contribution < 1.29 is 20.9 Å². The molecule has 0 amide bonds. The fraction of sp³-hybridized carbons (Fsp3) is 1.00. The summed E-state index contributed by atoms with van der Waals surface area (Å²) in [4.78, 5) is 0. The number of nitrogens with zero attached hydrogens (tertiary/aromatic N) is 1. The molecule has 0 saturated carbocycles. The minimum absolute atomic E-state index is 0.173. The third-order valence-electron chi connectivity index (χ3n) is 1.23. The van der Waals surface area contributed by atoms with E-state index < -0.39 is 0 Å². The molecule has 59 valence electrons. The molecular formula is C8H17NNb. The monoisotopic (exact) mass is 220 g/mol. The van der Waals surface area contributed by atoms with Gasteiger partial charge in [-0.3, -0.25) is 0 Å². The predicted octanol–water partition coefficient (Wildman–Crippen LogP) is 2.93. The fourth-order valence-electron chi connectivity index (χ4n) is 1.33. The Balaban J connectivity index is 4.01. The molecule has 0 rings (SSSR count). The first-order valence-corrected chi connectivity index (χ1v) is 4.61. The maximum absolute atomic E-state index is 4.36. The van der Waals surface area contributed by atoms with E-state index in [4.69, 9.17) is 0 Å². The van der Waals surface area contributed by atoms with Crippen molar-refractivity contribution in [1.82, 2.24) is 0 Å². The quantitative estimate of drug-likeness (QED) is 0.634. The van der Waals surface area contributed by atoms with Gasteiger partial charge in [-0.1, -0.05) is 0 Å². The van der Waals surface area contributed by atoms with E-state index in [2.05, 4.69) is 38.0 Å². The summed E-state index contributed by atoms with van der Waals surface area (Å²) in [6.07, 6.45) is 1.16. The minimum atomic E-state index is 0.173. The molecule has 10 heavy (non-hydrogen) atoms. The van der Waals surface area contributed by atoms with Crippen LogP contribution in [0.15, 0.2) is 3.34 Å². The van der Waals surface area contributed by atoms with E-state index >= 15 is 0 Å². The van der Waals surface area contributed by atoms with Crippen LogP contribution in [0.1, 0.15) is 41.0 Å². The Kier molecular flexibility index (Phi) is 3.47. The number of rotatable bonds is 2. The molecule has 1 nitrogen and oxygen atoms in total. The van der Waals surface area contributed by atoms with Crippen LogP contribution in [0, 0.1) is 5.41 Å². The summed E-state index contributed by atoms with van der Waals surface area (Å²) in [6.45, 7) is 11.1. The molecule has 0 radical (unpaired) electrons. The van der Waals surface area contributed by atoms with E-state index in [9.17, 15) is 0 Å². The molecule has 0 aromatic carbocycles. The van der Waals surface area contributed by atoms with Gasteiger partial charge in [-0.15, -0.1) is 0 Å². The second-order valence-electron chi connectivity index (χ2n) is 4.65. The fourth-order valence-corrected chi connectivity index (χ4v) is 1.51. The van der Waals surface area contributed by atoms with Crippen molar-refractivity contribution in [2.24, 2.45) is 8.75 Å². The molecule has 0 spiro atoms. The summed E-state index contributed by atoms with van der Waals surface area (Å²) in [5.74, 6) is 0. The zero-order chi connectivity index (χ0) is 8.41. The average molecular weight is 220 g/mol. The van der Waals surface area contributed by atoms with E-state index in [-0.39, 0.29) is 5.54 Å². The average Bonchev–Trinajstić information content (AvgIpc) is 1.60. The summed E-state index contributed by atoms with van der Waals surface area (Å²) >= 11 is 1.56. The van der Waals surface area contributed by atoms with E-state index in [0.29, 0.717) is 5.41 Å². The molecule has 0 N–H and O–H groups in total. The second kappa shape index (κ2) is 3.29. The van der Waals surface area contributed by atoms with Gasteiger partial charge in [0, 0.05) is 0 Å². The SMILES string of the molecule is CC(C)(C)CC(C)(C)[N]=[Nb]. The standard InChI is InChI=1S/C8H17N.Nb/c1-7(2,3)6-8(4,5)9;/h6H2,1-5H3;. The molecule has 0 atom stereocenters. The Labute approximate surface area is 76.4 Å². The van der Waals surface area contributed by atoms with Crippen molar-refractivity contribution >= 4 is 0 Å². The normalized spacial score (nSPS) is 13.2. The molecule has 0 aliphatic carbocycles. The van der Waals surface area contributed by atoms with Crippen molar-refractivity contribution in [3.05, 3.63) is 0 Å². The molecular weight excluding hydrogens is 203 g/mol. The third kappa shape index (κ3) is 5.33. The van der Waals surface area contributed by atoms with Gasteiger partial charge in [0.25, 0.3) is 0 Å². The Morgan fingerprint density at radius 1 is 1.10 bits per heavy atom. The summed E-state index contributed by atoms with van der Waals surface area (Å²) in [7, 11) is 0. The van der Waals surface area contributed by atoms with E-state index in [0.717, 1.165) is 6.42 Å². The van der Waals surface area contributed by atoms with Crippen LogP contribution >= 0.6 is 0 Å². The van der Waals surface area contributed by atoms with Crippen LogP contribution in [0.2, 0.25) is 0 Å². The van der Waals surface area contributed by atoms with Gasteiger partial charge in [-0.25, -0.2) is 0 Å². The maximum atomic E-state index is 4.36. The molecule has 0 saturated heterocycles. The first kappa shape index (κ1) is 10.5. The van der Waals surface area contributed by atoms with Crippen molar-refractivity contribution in [2.75, 3.05) is 0 Å². The molecule has 2 heteroatoms. The van der Waals surface area contributed by atoms with Crippen LogP contribution in [-0.2, 0) is 20.9 Å². The molecule has 0 aromatic heterocycles. The Hall–Kier alpha value is 0.540. The van der Waals surface area contributed by atoms with Crippen LogP contribution in [-0.4, -0.2) is 5.54 Å². The molecule has 0 aromatic rings. The summed E-state index contributed by atoms with van der Waals surface area (Å²) in [5, 5.41) is 0. The van der Waals surface area contributed by atoms with Crippen LogP contribution in [0.25, 0.3) is 0 Å². The van der Waals surface area contributed by atoms with Gasteiger partial charge < -0.3 is 0 Å². The van der Waals surface area contributed by atoms with Gasteiger partial charge >= 0.3 is 76.2 Å². The number of hydrogen-bond acceptors (Lipinski definition) is 1. The molecule has 0 aliphatic rings. The van der Waals surface area contributed by atoms with Crippen LogP contribution in [0.3, 0.4) is 0 Å². The molecule has 0 fully saturated rings. The first-order chi connectivity index (χ1) is 4.27. The Morgan fingerprint density at radius 3 is 1.60 bits per heavy atom. The third-order valence-corrected chi connectivity index (χ3v) is 2.56. The molecule has 0 unspecified atom stereocenters. The summed E-state index contributed by atoms with van der Waals surface area (Å²) < 4.78 is 4.36. The van der Waals surface area contributed by atoms with Gasteiger partial charge in [-0.05, 0) is 0 Å². The zero-order valence-electron chi connectivity index (χ0n) is 7.60.